The van der Waals surface area contributed by atoms with Gasteiger partial charge < -0.3 is 18.5 Å². The number of carbonyl (C=O) groups excluding carboxylic acids is 2. The smallest absolute Gasteiger partial charge is 0.326 e. The van der Waals surface area contributed by atoms with Crippen LogP contribution in [0, 0.1) is 0 Å². The number of fused-ring (bicyclic) bond motifs is 2. The van der Waals surface area contributed by atoms with E-state index >= 15 is 0 Å². The van der Waals surface area contributed by atoms with Crippen LogP contribution in [0.25, 0.3) is 21.2 Å². The lowest BCUT2D eigenvalue weighted by molar-refractivity contribution is -0.143. The molecule has 7 nitrogen and oxygen atoms in total. The monoisotopic (exact) mass is 458 g/mol. The van der Waals surface area contributed by atoms with E-state index in [1.807, 2.05) is 19.1 Å². The normalized spacial score (nSPS) is 11.9. The highest BCUT2D eigenvalue weighted by Gasteiger charge is 2.17. The van der Waals surface area contributed by atoms with Crippen LogP contribution in [0.5, 0.6) is 5.75 Å². The number of rotatable bonds is 6. The molecule has 4 aromatic rings. The molecule has 2 heterocycles. The summed E-state index contributed by atoms with van der Waals surface area (Å²) in [7, 11) is 0. The number of nitrogens with zero attached hydrogens (tertiary/aromatic N) is 2. The minimum Gasteiger partial charge on any atom is -0.490 e. The van der Waals surface area contributed by atoms with E-state index in [9.17, 15) is 9.59 Å². The minimum atomic E-state index is -0.561. The summed E-state index contributed by atoms with van der Waals surface area (Å²) in [4.78, 5) is 29.6. The fraction of sp³-hybridized carbons (Fsp3) is 0.227. The molecule has 0 aliphatic rings. The van der Waals surface area contributed by atoms with Crippen molar-refractivity contribution in [3.8, 4) is 5.75 Å². The fourth-order valence-corrected chi connectivity index (χ4v) is 4.48. The van der Waals surface area contributed by atoms with Gasteiger partial charge in [-0.3, -0.25) is 9.59 Å². The summed E-state index contributed by atoms with van der Waals surface area (Å²) >= 11 is 7.36. The Kier molecular flexibility index (Phi) is 6.11. The van der Waals surface area contributed by atoms with Crippen molar-refractivity contribution < 1.29 is 23.5 Å². The Morgan fingerprint density at radius 1 is 1.16 bits per heavy atom. The lowest BCUT2D eigenvalue weighted by Gasteiger charge is -2.05. The summed E-state index contributed by atoms with van der Waals surface area (Å²) in [5.41, 5.74) is 1.22. The van der Waals surface area contributed by atoms with E-state index in [0.29, 0.717) is 27.8 Å². The van der Waals surface area contributed by atoms with Crippen LogP contribution in [0.1, 0.15) is 24.4 Å². The van der Waals surface area contributed by atoms with E-state index in [4.69, 9.17) is 25.5 Å². The molecule has 0 N–H and O–H groups in total. The third-order valence-corrected chi connectivity index (χ3v) is 5.73. The van der Waals surface area contributed by atoms with Crippen LogP contribution in [0.15, 0.2) is 51.9 Å². The van der Waals surface area contributed by atoms with Crippen molar-refractivity contribution >= 4 is 56.0 Å². The summed E-state index contributed by atoms with van der Waals surface area (Å²) < 4.78 is 18.8. The zero-order chi connectivity index (χ0) is 22.0. The van der Waals surface area contributed by atoms with Crippen LogP contribution >= 0.6 is 22.9 Å². The first kappa shape index (κ1) is 21.1. The number of furan rings is 1. The van der Waals surface area contributed by atoms with E-state index in [2.05, 4.69) is 4.99 Å². The Bertz CT molecular complexity index is 1350. The number of hydrogen-bond acceptors (Lipinski definition) is 6. The molecule has 4 rings (SSSR count). The summed E-state index contributed by atoms with van der Waals surface area (Å²) in [5.74, 6) is -0.335. The molecule has 0 atom stereocenters. The zero-order valence-electron chi connectivity index (χ0n) is 16.9. The van der Waals surface area contributed by atoms with Gasteiger partial charge in [-0.15, -0.1) is 0 Å². The van der Waals surface area contributed by atoms with Crippen molar-refractivity contribution in [3.63, 3.8) is 0 Å². The largest absolute Gasteiger partial charge is 0.490 e. The third kappa shape index (κ3) is 4.35. The fourth-order valence-electron chi connectivity index (χ4n) is 3.17. The summed E-state index contributed by atoms with van der Waals surface area (Å²) in [6.07, 6.45) is 0. The Labute approximate surface area is 186 Å². The highest BCUT2D eigenvalue weighted by molar-refractivity contribution is 7.16. The Morgan fingerprint density at radius 3 is 2.77 bits per heavy atom. The second-order valence-corrected chi connectivity index (χ2v) is 7.97. The third-order valence-electron chi connectivity index (χ3n) is 4.45. The van der Waals surface area contributed by atoms with E-state index in [1.54, 1.807) is 41.8 Å². The molecule has 0 aliphatic heterocycles. The molecule has 1 amide bonds. The maximum absolute atomic E-state index is 12.9. The van der Waals surface area contributed by atoms with Crippen molar-refractivity contribution in [2.45, 2.75) is 20.4 Å². The molecule has 0 aliphatic carbocycles. The molecular weight excluding hydrogens is 440 g/mol. The summed E-state index contributed by atoms with van der Waals surface area (Å²) in [6.45, 7) is 4.28. The number of para-hydroxylation sites is 1. The average molecular weight is 459 g/mol. The first-order valence-corrected chi connectivity index (χ1v) is 10.9. The maximum Gasteiger partial charge on any atom is 0.326 e. The first-order chi connectivity index (χ1) is 15.0. The molecule has 0 spiro atoms. The molecule has 31 heavy (non-hydrogen) atoms. The molecule has 0 radical (unpaired) electrons. The number of benzene rings is 2. The number of carbonyl (C=O) groups is 2. The van der Waals surface area contributed by atoms with Crippen molar-refractivity contribution in [2.75, 3.05) is 13.2 Å². The van der Waals surface area contributed by atoms with Gasteiger partial charge in [-0.25, -0.2) is 0 Å². The van der Waals surface area contributed by atoms with Crippen LogP contribution in [0.3, 0.4) is 0 Å². The van der Waals surface area contributed by atoms with Crippen LogP contribution in [-0.2, 0) is 16.1 Å². The van der Waals surface area contributed by atoms with E-state index in [1.165, 1.54) is 11.3 Å². The van der Waals surface area contributed by atoms with E-state index in [0.717, 1.165) is 15.6 Å². The van der Waals surface area contributed by atoms with Gasteiger partial charge in [-0.05, 0) is 44.2 Å². The number of thiazole rings is 1. The SMILES string of the molecule is CCOC(=O)Cn1c(=NC(=O)c2cc3cccc(OCC)c3o2)sc2cc(Cl)ccc21. The van der Waals surface area contributed by atoms with Crippen LogP contribution in [0.2, 0.25) is 5.02 Å². The van der Waals surface area contributed by atoms with Gasteiger partial charge in [0, 0.05) is 10.4 Å². The Morgan fingerprint density at radius 2 is 2.00 bits per heavy atom. The number of ether oxygens (including phenoxy) is 2. The second kappa shape index (κ2) is 8.95. The lowest BCUT2D eigenvalue weighted by Crippen LogP contribution is -2.23. The summed E-state index contributed by atoms with van der Waals surface area (Å²) in [6, 6.07) is 12.3. The highest BCUT2D eigenvalue weighted by Crippen LogP contribution is 2.29. The Hall–Kier alpha value is -3.10. The van der Waals surface area contributed by atoms with Crippen molar-refractivity contribution in [3.05, 3.63) is 58.0 Å². The van der Waals surface area contributed by atoms with Crippen molar-refractivity contribution in [1.82, 2.24) is 4.57 Å². The molecule has 0 saturated heterocycles. The predicted molar refractivity (Wildman–Crippen MR) is 119 cm³/mol. The highest BCUT2D eigenvalue weighted by atomic mass is 35.5. The minimum absolute atomic E-state index is 0.0732. The van der Waals surface area contributed by atoms with Crippen LogP contribution in [0.4, 0.5) is 0 Å². The number of hydrogen-bond donors (Lipinski definition) is 0. The molecule has 0 bridgehead atoms. The molecule has 0 saturated carbocycles. The van der Waals surface area contributed by atoms with Crippen LogP contribution < -0.4 is 9.54 Å². The van der Waals surface area contributed by atoms with E-state index < -0.39 is 11.9 Å². The van der Waals surface area contributed by atoms with Gasteiger partial charge >= 0.3 is 11.9 Å². The van der Waals surface area contributed by atoms with Gasteiger partial charge in [-0.1, -0.05) is 35.1 Å². The molecule has 160 valence electrons. The molecule has 0 unspecified atom stereocenters. The number of aromatic nitrogens is 1. The number of esters is 1. The van der Waals surface area contributed by atoms with Gasteiger partial charge in [0.2, 0.25) is 0 Å². The van der Waals surface area contributed by atoms with Gasteiger partial charge in [0.05, 0.1) is 23.4 Å². The average Bonchev–Trinajstić information content (AvgIpc) is 3.31. The van der Waals surface area contributed by atoms with Crippen molar-refractivity contribution in [1.29, 1.82) is 0 Å². The molecule has 9 heteroatoms. The topological polar surface area (TPSA) is 83.0 Å². The number of halogens is 1. The van der Waals surface area contributed by atoms with Crippen molar-refractivity contribution in [2.24, 2.45) is 4.99 Å². The van der Waals surface area contributed by atoms with Gasteiger partial charge in [0.1, 0.15) is 6.54 Å². The van der Waals surface area contributed by atoms with Gasteiger partial charge in [0.15, 0.2) is 21.9 Å². The first-order valence-electron chi connectivity index (χ1n) is 9.69. The van der Waals surface area contributed by atoms with E-state index in [-0.39, 0.29) is 18.9 Å². The second-order valence-electron chi connectivity index (χ2n) is 6.52. The lowest BCUT2D eigenvalue weighted by atomic mass is 10.2. The summed E-state index contributed by atoms with van der Waals surface area (Å²) in [5, 5.41) is 1.29. The molecule has 2 aromatic heterocycles. The predicted octanol–water partition coefficient (Wildman–Crippen LogP) is 4.81. The quantitative estimate of drug-likeness (QED) is 0.387. The molecule has 0 fully saturated rings. The zero-order valence-corrected chi connectivity index (χ0v) is 18.5. The van der Waals surface area contributed by atoms with Gasteiger partial charge in [0.25, 0.3) is 0 Å². The number of amides is 1. The van der Waals surface area contributed by atoms with Gasteiger partial charge in [-0.2, -0.15) is 4.99 Å². The van der Waals surface area contributed by atoms with Crippen LogP contribution in [-0.4, -0.2) is 29.7 Å². The Balaban J connectivity index is 1.79. The maximum atomic E-state index is 12.9. The molecular formula is C22H19ClN2O5S. The standard InChI is InChI=1S/C22H19ClN2O5S/c1-3-28-16-7-5-6-13-10-17(30-20(13)16)21(27)24-22-25(12-19(26)29-4-2)15-9-8-14(23)11-18(15)31-22/h5-11H,3-4,12H2,1-2H3. The molecule has 2 aromatic carbocycles.